The van der Waals surface area contributed by atoms with Crippen LogP contribution in [0, 0.1) is 20.8 Å². The van der Waals surface area contributed by atoms with Gasteiger partial charge >= 0.3 is 0 Å². The molecule has 0 aliphatic carbocycles. The molecule has 31 heavy (non-hydrogen) atoms. The number of aryl methyl sites for hydroxylation is 3. The van der Waals surface area contributed by atoms with E-state index in [1.54, 1.807) is 6.07 Å². The average Bonchev–Trinajstić information content (AvgIpc) is 3.12. The maximum Gasteiger partial charge on any atom is 0.257 e. The molecule has 1 amide bonds. The lowest BCUT2D eigenvalue weighted by Crippen LogP contribution is -2.34. The molecule has 0 saturated carbocycles. The molecular weight excluding hydrogens is 430 g/mol. The minimum absolute atomic E-state index is 0.206. The molecule has 0 fully saturated rings. The van der Waals surface area contributed by atoms with E-state index in [0.717, 1.165) is 22.3 Å². The van der Waals surface area contributed by atoms with Crippen molar-refractivity contribution in [2.24, 2.45) is 0 Å². The Morgan fingerprint density at radius 2 is 1.74 bits per heavy atom. The van der Waals surface area contributed by atoms with Crippen molar-refractivity contribution in [3.8, 4) is 11.5 Å². The zero-order valence-electron chi connectivity index (χ0n) is 17.2. The van der Waals surface area contributed by atoms with Gasteiger partial charge in [0.1, 0.15) is 5.52 Å². The lowest BCUT2D eigenvalue weighted by atomic mass is 10.1. The van der Waals surface area contributed by atoms with Crippen LogP contribution in [0.5, 0.6) is 0 Å². The van der Waals surface area contributed by atoms with Gasteiger partial charge in [0.15, 0.2) is 10.7 Å². The lowest BCUT2D eigenvalue weighted by Gasteiger charge is -2.10. The summed E-state index contributed by atoms with van der Waals surface area (Å²) >= 11 is 11.5. The molecule has 5 nitrogen and oxygen atoms in total. The molecule has 2 N–H and O–H groups in total. The highest BCUT2D eigenvalue weighted by atomic mass is 35.5. The van der Waals surface area contributed by atoms with Gasteiger partial charge in [0.05, 0.1) is 0 Å². The summed E-state index contributed by atoms with van der Waals surface area (Å²) in [5.74, 6) is 0.227. The quantitative estimate of drug-likeness (QED) is 0.364. The number of thiocarbonyl (C=S) groups is 1. The number of halogens is 1. The molecule has 0 unspecified atom stereocenters. The second-order valence-corrected chi connectivity index (χ2v) is 8.27. The van der Waals surface area contributed by atoms with E-state index < -0.39 is 0 Å². The predicted molar refractivity (Wildman–Crippen MR) is 129 cm³/mol. The van der Waals surface area contributed by atoms with Crippen molar-refractivity contribution >= 4 is 51.6 Å². The third-order valence-electron chi connectivity index (χ3n) is 4.78. The van der Waals surface area contributed by atoms with Crippen molar-refractivity contribution in [1.82, 2.24) is 10.3 Å². The smallest absolute Gasteiger partial charge is 0.257 e. The van der Waals surface area contributed by atoms with E-state index in [-0.39, 0.29) is 11.0 Å². The first-order valence-corrected chi connectivity index (χ1v) is 10.4. The van der Waals surface area contributed by atoms with Crippen LogP contribution in [0.25, 0.3) is 22.6 Å². The molecule has 7 heteroatoms. The molecule has 0 saturated heterocycles. The molecule has 0 bridgehead atoms. The number of carbonyl (C=O) groups excluding carboxylic acids is 1. The minimum atomic E-state index is -0.259. The molecule has 4 rings (SSSR count). The van der Waals surface area contributed by atoms with Gasteiger partial charge in [-0.05, 0) is 81.0 Å². The Morgan fingerprint density at radius 1 is 1.00 bits per heavy atom. The van der Waals surface area contributed by atoms with E-state index in [1.807, 2.05) is 69.3 Å². The maximum atomic E-state index is 12.5. The summed E-state index contributed by atoms with van der Waals surface area (Å²) in [6, 6.07) is 16.8. The molecular formula is C24H20ClN3O2S. The predicted octanol–water partition coefficient (Wildman–Crippen LogP) is 6.20. The number of fused-ring (bicyclic) bond motifs is 1. The number of aromatic nitrogens is 1. The number of nitrogens with one attached hydrogen (secondary N) is 2. The van der Waals surface area contributed by atoms with E-state index in [0.29, 0.717) is 33.3 Å². The monoisotopic (exact) mass is 449 g/mol. The molecule has 0 radical (unpaired) electrons. The lowest BCUT2D eigenvalue weighted by molar-refractivity contribution is 0.0977. The molecule has 0 spiro atoms. The zero-order chi connectivity index (χ0) is 22.1. The number of rotatable bonds is 3. The van der Waals surface area contributed by atoms with Gasteiger partial charge in [0.2, 0.25) is 5.89 Å². The van der Waals surface area contributed by atoms with Crippen LogP contribution >= 0.6 is 23.8 Å². The van der Waals surface area contributed by atoms with Crippen LogP contribution in [0.3, 0.4) is 0 Å². The van der Waals surface area contributed by atoms with Crippen LogP contribution in [0.15, 0.2) is 59.0 Å². The van der Waals surface area contributed by atoms with Gasteiger partial charge in [-0.25, -0.2) is 4.98 Å². The largest absolute Gasteiger partial charge is 0.436 e. The normalized spacial score (nSPS) is 10.8. The maximum absolute atomic E-state index is 12.5. The number of benzene rings is 3. The Labute approximate surface area is 190 Å². The number of anilines is 1. The number of nitrogens with zero attached hydrogens (tertiary/aromatic N) is 1. The molecule has 156 valence electrons. The third-order valence-corrected chi connectivity index (χ3v) is 5.39. The summed E-state index contributed by atoms with van der Waals surface area (Å²) in [6.45, 7) is 5.84. The van der Waals surface area contributed by atoms with Gasteiger partial charge < -0.3 is 9.73 Å². The van der Waals surface area contributed by atoms with Gasteiger partial charge in [-0.3, -0.25) is 10.1 Å². The fourth-order valence-electron chi connectivity index (χ4n) is 3.30. The fraction of sp³-hybridized carbons (Fsp3) is 0.125. The third kappa shape index (κ3) is 4.76. The second kappa shape index (κ2) is 8.49. The highest BCUT2D eigenvalue weighted by molar-refractivity contribution is 7.80. The van der Waals surface area contributed by atoms with Crippen LogP contribution in [0.1, 0.15) is 27.0 Å². The Hall–Kier alpha value is -3.22. The second-order valence-electron chi connectivity index (χ2n) is 7.45. The van der Waals surface area contributed by atoms with E-state index in [2.05, 4.69) is 15.6 Å². The van der Waals surface area contributed by atoms with Crippen molar-refractivity contribution in [3.63, 3.8) is 0 Å². The first-order valence-electron chi connectivity index (χ1n) is 9.66. The van der Waals surface area contributed by atoms with Gasteiger partial charge in [0.25, 0.3) is 5.91 Å². The Morgan fingerprint density at radius 3 is 2.45 bits per heavy atom. The van der Waals surface area contributed by atoms with E-state index in [4.69, 9.17) is 28.2 Å². The number of oxazole rings is 1. The van der Waals surface area contributed by atoms with Crippen molar-refractivity contribution in [1.29, 1.82) is 0 Å². The van der Waals surface area contributed by atoms with Crippen molar-refractivity contribution < 1.29 is 9.21 Å². The Kier molecular flexibility index (Phi) is 5.76. The Balaban J connectivity index is 1.50. The van der Waals surface area contributed by atoms with E-state index in [1.165, 1.54) is 0 Å². The number of hydrogen-bond donors (Lipinski definition) is 2. The first kappa shape index (κ1) is 21.0. The number of hydrogen-bond acceptors (Lipinski definition) is 4. The van der Waals surface area contributed by atoms with Crippen LogP contribution < -0.4 is 10.6 Å². The molecule has 0 atom stereocenters. The van der Waals surface area contributed by atoms with Crippen molar-refractivity contribution in [3.05, 3.63) is 81.9 Å². The van der Waals surface area contributed by atoms with Crippen LogP contribution in [0.4, 0.5) is 5.69 Å². The van der Waals surface area contributed by atoms with E-state index in [9.17, 15) is 4.79 Å². The topological polar surface area (TPSA) is 67.2 Å². The summed E-state index contributed by atoms with van der Waals surface area (Å²) in [5, 5.41) is 6.60. The van der Waals surface area contributed by atoms with Crippen molar-refractivity contribution in [2.45, 2.75) is 20.8 Å². The highest BCUT2D eigenvalue weighted by Gasteiger charge is 2.12. The summed E-state index contributed by atoms with van der Waals surface area (Å²) in [6.07, 6.45) is 0. The molecule has 1 heterocycles. The molecule has 0 aliphatic rings. The van der Waals surface area contributed by atoms with Gasteiger partial charge in [-0.2, -0.15) is 0 Å². The standard InChI is InChI=1S/C24H20ClN3O2S/c1-13-8-14(2)10-17(9-13)22(29)28-24(31)26-18-6-7-21-20(12-18)27-23(30-21)16-5-4-15(3)19(25)11-16/h4-12H,1-3H3,(H2,26,28,29,31). The number of carbonyl (C=O) groups is 1. The summed E-state index contributed by atoms with van der Waals surface area (Å²) in [7, 11) is 0. The van der Waals surface area contributed by atoms with Crippen LogP contribution in [-0.4, -0.2) is 16.0 Å². The number of amides is 1. The molecule has 1 aromatic heterocycles. The van der Waals surface area contributed by atoms with Crippen molar-refractivity contribution in [2.75, 3.05) is 5.32 Å². The van der Waals surface area contributed by atoms with Gasteiger partial charge in [-0.1, -0.05) is 34.9 Å². The highest BCUT2D eigenvalue weighted by Crippen LogP contribution is 2.29. The van der Waals surface area contributed by atoms with Crippen LogP contribution in [0.2, 0.25) is 5.02 Å². The first-order chi connectivity index (χ1) is 14.8. The summed E-state index contributed by atoms with van der Waals surface area (Å²) < 4.78 is 5.85. The van der Waals surface area contributed by atoms with Crippen LogP contribution in [-0.2, 0) is 0 Å². The summed E-state index contributed by atoms with van der Waals surface area (Å²) in [4.78, 5) is 17.1. The molecule has 4 aromatic rings. The molecule has 0 aliphatic heterocycles. The molecule has 3 aromatic carbocycles. The minimum Gasteiger partial charge on any atom is -0.436 e. The Bertz CT molecular complexity index is 1310. The summed E-state index contributed by atoms with van der Waals surface area (Å²) in [5.41, 5.74) is 6.40. The average molecular weight is 450 g/mol. The SMILES string of the molecule is Cc1cc(C)cc(C(=O)NC(=S)Nc2ccc3oc(-c4ccc(C)c(Cl)c4)nc3c2)c1. The van der Waals surface area contributed by atoms with E-state index >= 15 is 0 Å². The van der Waals surface area contributed by atoms with Gasteiger partial charge in [0, 0.05) is 21.8 Å². The zero-order valence-corrected chi connectivity index (χ0v) is 18.8. The van der Waals surface area contributed by atoms with Gasteiger partial charge in [-0.15, -0.1) is 0 Å². The fourth-order valence-corrected chi connectivity index (χ4v) is 3.69.